The molecule has 0 radical (unpaired) electrons. The lowest BCUT2D eigenvalue weighted by atomic mass is 9.92. The zero-order chi connectivity index (χ0) is 13.1. The van der Waals surface area contributed by atoms with E-state index in [4.69, 9.17) is 5.73 Å². The fourth-order valence-corrected chi connectivity index (χ4v) is 2.27. The first-order valence-corrected chi connectivity index (χ1v) is 6.16. The van der Waals surface area contributed by atoms with Crippen LogP contribution in [0.3, 0.4) is 0 Å². The van der Waals surface area contributed by atoms with Crippen molar-refractivity contribution >= 4 is 11.6 Å². The van der Waals surface area contributed by atoms with Gasteiger partial charge < -0.3 is 21.3 Å². The smallest absolute Gasteiger partial charge is 0.255 e. The second-order valence-corrected chi connectivity index (χ2v) is 4.68. The van der Waals surface area contributed by atoms with Crippen molar-refractivity contribution in [3.05, 3.63) is 23.8 Å². The number of phenols is 1. The molecule has 98 valence electrons. The molecule has 1 aromatic rings. The van der Waals surface area contributed by atoms with Crippen LogP contribution in [0.4, 0.5) is 5.69 Å². The van der Waals surface area contributed by atoms with Gasteiger partial charge in [0.25, 0.3) is 5.91 Å². The number of nitrogen functional groups attached to an aromatic ring is 1. The molecular weight excluding hydrogens is 232 g/mol. The monoisotopic (exact) mass is 250 g/mol. The van der Waals surface area contributed by atoms with Crippen molar-refractivity contribution in [2.75, 3.05) is 5.73 Å². The maximum atomic E-state index is 12.0. The van der Waals surface area contributed by atoms with Gasteiger partial charge in [-0.15, -0.1) is 0 Å². The molecule has 5 N–H and O–H groups in total. The zero-order valence-electron chi connectivity index (χ0n) is 10.1. The Morgan fingerprint density at radius 3 is 2.78 bits per heavy atom. The van der Waals surface area contributed by atoms with Gasteiger partial charge in [0.05, 0.1) is 23.4 Å². The van der Waals surface area contributed by atoms with Crippen molar-refractivity contribution in [2.24, 2.45) is 0 Å². The molecule has 5 nitrogen and oxygen atoms in total. The number of anilines is 1. The third kappa shape index (κ3) is 2.56. The van der Waals surface area contributed by atoms with E-state index in [1.807, 2.05) is 0 Å². The summed E-state index contributed by atoms with van der Waals surface area (Å²) in [7, 11) is 0. The van der Waals surface area contributed by atoms with Gasteiger partial charge >= 0.3 is 0 Å². The average molecular weight is 250 g/mol. The first kappa shape index (κ1) is 12.7. The molecular formula is C13H18N2O3. The predicted octanol–water partition coefficient (Wildman–Crippen LogP) is 1.01. The second-order valence-electron chi connectivity index (χ2n) is 4.68. The normalized spacial score (nSPS) is 23.6. The van der Waals surface area contributed by atoms with Gasteiger partial charge in [0.1, 0.15) is 0 Å². The fourth-order valence-electron chi connectivity index (χ4n) is 2.27. The van der Waals surface area contributed by atoms with Gasteiger partial charge in [0.2, 0.25) is 0 Å². The Labute approximate surface area is 106 Å². The van der Waals surface area contributed by atoms with Crippen LogP contribution in [0, 0.1) is 0 Å². The molecule has 1 fully saturated rings. The van der Waals surface area contributed by atoms with E-state index >= 15 is 0 Å². The average Bonchev–Trinajstić information content (AvgIpc) is 2.35. The minimum absolute atomic E-state index is 0.146. The molecule has 0 bridgehead atoms. The standard InChI is InChI=1S/C13H18N2O3/c14-9-5-3-4-8(12(9)17)13(18)15-10-6-1-2-7-11(10)16/h3-5,10-11,16-17H,1-2,6-7,14H2,(H,15,18)/t10-,11-/m1/s1. The Kier molecular flexibility index (Phi) is 3.72. The zero-order valence-corrected chi connectivity index (χ0v) is 10.1. The van der Waals surface area contributed by atoms with Gasteiger partial charge in [-0.3, -0.25) is 4.79 Å². The Bertz CT molecular complexity index is 448. The predicted molar refractivity (Wildman–Crippen MR) is 68.2 cm³/mol. The van der Waals surface area contributed by atoms with Crippen molar-refractivity contribution in [3.8, 4) is 5.75 Å². The lowest BCUT2D eigenvalue weighted by Crippen LogP contribution is -2.45. The van der Waals surface area contributed by atoms with Crippen LogP contribution in [0.2, 0.25) is 0 Å². The van der Waals surface area contributed by atoms with Crippen molar-refractivity contribution in [2.45, 2.75) is 37.8 Å². The topological polar surface area (TPSA) is 95.6 Å². The van der Waals surface area contributed by atoms with Crippen molar-refractivity contribution in [1.29, 1.82) is 0 Å². The summed E-state index contributed by atoms with van der Waals surface area (Å²) in [5.74, 6) is -0.606. The van der Waals surface area contributed by atoms with Crippen molar-refractivity contribution < 1.29 is 15.0 Å². The van der Waals surface area contributed by atoms with Crippen molar-refractivity contribution in [3.63, 3.8) is 0 Å². The molecule has 0 saturated heterocycles. The summed E-state index contributed by atoms with van der Waals surface area (Å²) in [6.45, 7) is 0. The quantitative estimate of drug-likeness (QED) is 0.465. The Balaban J connectivity index is 2.09. The van der Waals surface area contributed by atoms with E-state index in [-0.39, 0.29) is 23.0 Å². The summed E-state index contributed by atoms with van der Waals surface area (Å²) in [6.07, 6.45) is 2.93. The van der Waals surface area contributed by atoms with E-state index in [1.54, 1.807) is 6.07 Å². The number of rotatable bonds is 2. The van der Waals surface area contributed by atoms with Crippen LogP contribution in [0.1, 0.15) is 36.0 Å². The summed E-state index contributed by atoms with van der Waals surface area (Å²) >= 11 is 0. The summed E-state index contributed by atoms with van der Waals surface area (Å²) in [6, 6.07) is 4.41. The number of hydrogen-bond donors (Lipinski definition) is 4. The lowest BCUT2D eigenvalue weighted by Gasteiger charge is -2.28. The van der Waals surface area contributed by atoms with Crippen LogP contribution in [0.15, 0.2) is 18.2 Å². The maximum Gasteiger partial charge on any atom is 0.255 e. The molecule has 5 heteroatoms. The summed E-state index contributed by atoms with van der Waals surface area (Å²) in [5, 5.41) is 22.3. The molecule has 0 aliphatic heterocycles. The SMILES string of the molecule is Nc1cccc(C(=O)N[C@@H]2CCCC[C@H]2O)c1O. The molecule has 0 spiro atoms. The van der Waals surface area contributed by atoms with E-state index in [0.717, 1.165) is 19.3 Å². The molecule has 0 heterocycles. The van der Waals surface area contributed by atoms with E-state index < -0.39 is 12.0 Å². The van der Waals surface area contributed by atoms with Gasteiger partial charge in [0.15, 0.2) is 5.75 Å². The molecule has 0 unspecified atom stereocenters. The molecule has 0 aromatic heterocycles. The van der Waals surface area contributed by atoms with Crippen LogP contribution < -0.4 is 11.1 Å². The summed E-state index contributed by atoms with van der Waals surface area (Å²) < 4.78 is 0. The number of carbonyl (C=O) groups excluding carboxylic acids is 1. The first-order chi connectivity index (χ1) is 8.59. The number of hydrogen-bond acceptors (Lipinski definition) is 4. The number of phenolic OH excluding ortho intramolecular Hbond substituents is 1. The summed E-state index contributed by atoms with van der Waals surface area (Å²) in [5.41, 5.74) is 5.86. The molecule has 1 saturated carbocycles. The number of amides is 1. The largest absolute Gasteiger partial charge is 0.505 e. The minimum Gasteiger partial charge on any atom is -0.505 e. The van der Waals surface area contributed by atoms with E-state index in [0.29, 0.717) is 6.42 Å². The van der Waals surface area contributed by atoms with Crippen LogP contribution >= 0.6 is 0 Å². The molecule has 1 aromatic carbocycles. The first-order valence-electron chi connectivity index (χ1n) is 6.16. The Morgan fingerprint density at radius 1 is 1.33 bits per heavy atom. The Hall–Kier alpha value is -1.75. The number of benzene rings is 1. The van der Waals surface area contributed by atoms with Crippen LogP contribution in [-0.2, 0) is 0 Å². The summed E-state index contributed by atoms with van der Waals surface area (Å²) in [4.78, 5) is 12.0. The number of aliphatic hydroxyl groups is 1. The molecule has 1 amide bonds. The second kappa shape index (κ2) is 5.27. The fraction of sp³-hybridized carbons (Fsp3) is 0.462. The van der Waals surface area contributed by atoms with Gasteiger partial charge in [0, 0.05) is 0 Å². The number of nitrogens with one attached hydrogen (secondary N) is 1. The minimum atomic E-state index is -0.508. The highest BCUT2D eigenvalue weighted by Gasteiger charge is 2.25. The van der Waals surface area contributed by atoms with Crippen LogP contribution in [0.5, 0.6) is 5.75 Å². The van der Waals surface area contributed by atoms with E-state index in [2.05, 4.69) is 5.32 Å². The highest BCUT2D eigenvalue weighted by molar-refractivity contribution is 5.98. The highest BCUT2D eigenvalue weighted by Crippen LogP contribution is 2.25. The molecule has 1 aliphatic carbocycles. The number of carbonyl (C=O) groups is 1. The maximum absolute atomic E-state index is 12.0. The molecule has 1 aliphatic rings. The highest BCUT2D eigenvalue weighted by atomic mass is 16.3. The van der Waals surface area contributed by atoms with Gasteiger partial charge in [-0.1, -0.05) is 18.9 Å². The third-order valence-electron chi connectivity index (χ3n) is 3.36. The molecule has 18 heavy (non-hydrogen) atoms. The van der Waals surface area contributed by atoms with Crippen molar-refractivity contribution in [1.82, 2.24) is 5.32 Å². The van der Waals surface area contributed by atoms with Gasteiger partial charge in [-0.25, -0.2) is 0 Å². The van der Waals surface area contributed by atoms with Gasteiger partial charge in [-0.2, -0.15) is 0 Å². The molecule has 2 atom stereocenters. The lowest BCUT2D eigenvalue weighted by molar-refractivity contribution is 0.0715. The van der Waals surface area contributed by atoms with E-state index in [9.17, 15) is 15.0 Å². The van der Waals surface area contributed by atoms with Crippen LogP contribution in [0.25, 0.3) is 0 Å². The number of para-hydroxylation sites is 1. The third-order valence-corrected chi connectivity index (χ3v) is 3.36. The van der Waals surface area contributed by atoms with E-state index in [1.165, 1.54) is 12.1 Å². The number of aromatic hydroxyl groups is 1. The van der Waals surface area contributed by atoms with Gasteiger partial charge in [-0.05, 0) is 25.0 Å². The van der Waals surface area contributed by atoms with Crippen LogP contribution in [-0.4, -0.2) is 28.3 Å². The Morgan fingerprint density at radius 2 is 2.06 bits per heavy atom. The number of nitrogens with two attached hydrogens (primary N) is 1. The number of aliphatic hydroxyl groups excluding tert-OH is 1. The molecule has 2 rings (SSSR count).